The second-order valence-corrected chi connectivity index (χ2v) is 3.45. The van der Waals surface area contributed by atoms with Crippen molar-refractivity contribution in [3.8, 4) is 0 Å². The van der Waals surface area contributed by atoms with Crippen LogP contribution < -0.4 is 0 Å². The maximum Gasteiger partial charge on any atom is 0.132 e. The van der Waals surface area contributed by atoms with Crippen molar-refractivity contribution in [2.75, 3.05) is 0 Å². The van der Waals surface area contributed by atoms with E-state index in [0.717, 1.165) is 11.5 Å². The van der Waals surface area contributed by atoms with Gasteiger partial charge in [-0.15, -0.1) is 0 Å². The summed E-state index contributed by atoms with van der Waals surface area (Å²) in [5, 5.41) is 0. The standard InChI is InChI=1S/C12H14O3/c1-9(11-5-3-7-13-11)15-10(2)12-6-4-8-14-12/h3-10H,1-2H3. The van der Waals surface area contributed by atoms with Gasteiger partial charge in [-0.2, -0.15) is 0 Å². The molecule has 0 aliphatic heterocycles. The predicted molar refractivity (Wildman–Crippen MR) is 55.3 cm³/mol. The molecular weight excluding hydrogens is 192 g/mol. The van der Waals surface area contributed by atoms with Crippen LogP contribution in [-0.2, 0) is 4.74 Å². The molecule has 2 heterocycles. The van der Waals surface area contributed by atoms with Gasteiger partial charge in [0.2, 0.25) is 0 Å². The molecule has 0 fully saturated rings. The highest BCUT2D eigenvalue weighted by molar-refractivity contribution is 5.04. The number of hydrogen-bond donors (Lipinski definition) is 0. The average Bonchev–Trinajstić information content (AvgIpc) is 2.91. The van der Waals surface area contributed by atoms with Crippen LogP contribution >= 0.6 is 0 Å². The van der Waals surface area contributed by atoms with E-state index >= 15 is 0 Å². The Labute approximate surface area is 88.7 Å². The molecule has 80 valence electrons. The molecule has 0 N–H and O–H groups in total. The molecule has 3 heteroatoms. The fourth-order valence-electron chi connectivity index (χ4n) is 1.49. The quantitative estimate of drug-likeness (QED) is 0.764. The lowest BCUT2D eigenvalue weighted by Gasteiger charge is -2.15. The molecule has 15 heavy (non-hydrogen) atoms. The summed E-state index contributed by atoms with van der Waals surface area (Å²) < 4.78 is 16.3. The lowest BCUT2D eigenvalue weighted by atomic mass is 10.2. The van der Waals surface area contributed by atoms with Crippen LogP contribution in [0.1, 0.15) is 37.6 Å². The maximum atomic E-state index is 5.75. The van der Waals surface area contributed by atoms with E-state index in [-0.39, 0.29) is 12.2 Å². The van der Waals surface area contributed by atoms with Crippen LogP contribution in [0.3, 0.4) is 0 Å². The third-order valence-corrected chi connectivity index (χ3v) is 2.30. The summed E-state index contributed by atoms with van der Waals surface area (Å²) in [6, 6.07) is 7.51. The van der Waals surface area contributed by atoms with Crippen molar-refractivity contribution < 1.29 is 13.6 Å². The lowest BCUT2D eigenvalue weighted by Crippen LogP contribution is -2.03. The average molecular weight is 206 g/mol. The smallest absolute Gasteiger partial charge is 0.132 e. The minimum atomic E-state index is -0.0694. The highest BCUT2D eigenvalue weighted by Gasteiger charge is 2.15. The molecule has 0 spiro atoms. The van der Waals surface area contributed by atoms with Gasteiger partial charge in [-0.25, -0.2) is 0 Å². The molecule has 2 rings (SSSR count). The fraction of sp³-hybridized carbons (Fsp3) is 0.333. The van der Waals surface area contributed by atoms with Crippen molar-refractivity contribution in [2.45, 2.75) is 26.1 Å². The van der Waals surface area contributed by atoms with Gasteiger partial charge in [0.1, 0.15) is 23.7 Å². The van der Waals surface area contributed by atoms with Crippen molar-refractivity contribution >= 4 is 0 Å². The first-order chi connectivity index (χ1) is 7.27. The lowest BCUT2D eigenvalue weighted by molar-refractivity contribution is -0.0159. The second-order valence-electron chi connectivity index (χ2n) is 3.45. The van der Waals surface area contributed by atoms with E-state index in [1.54, 1.807) is 12.5 Å². The molecule has 2 aromatic heterocycles. The molecule has 3 nitrogen and oxygen atoms in total. The molecule has 0 aliphatic carbocycles. The normalized spacial score (nSPS) is 15.1. The van der Waals surface area contributed by atoms with Crippen molar-refractivity contribution in [1.82, 2.24) is 0 Å². The minimum absolute atomic E-state index is 0.0694. The van der Waals surface area contributed by atoms with E-state index in [1.807, 2.05) is 38.1 Å². The zero-order valence-electron chi connectivity index (χ0n) is 8.84. The van der Waals surface area contributed by atoms with Crippen LogP contribution in [-0.4, -0.2) is 0 Å². The van der Waals surface area contributed by atoms with Crippen molar-refractivity contribution in [1.29, 1.82) is 0 Å². The van der Waals surface area contributed by atoms with Gasteiger partial charge in [0.05, 0.1) is 12.5 Å². The third-order valence-electron chi connectivity index (χ3n) is 2.30. The van der Waals surface area contributed by atoms with Crippen LogP contribution in [0.25, 0.3) is 0 Å². The van der Waals surface area contributed by atoms with Crippen LogP contribution in [0, 0.1) is 0 Å². The number of rotatable bonds is 4. The molecule has 2 atom stereocenters. The van der Waals surface area contributed by atoms with E-state index < -0.39 is 0 Å². The topological polar surface area (TPSA) is 35.5 Å². The van der Waals surface area contributed by atoms with Crippen LogP contribution in [0.15, 0.2) is 45.6 Å². The van der Waals surface area contributed by atoms with Gasteiger partial charge in [-0.3, -0.25) is 0 Å². The Morgan fingerprint density at radius 3 is 1.73 bits per heavy atom. The Morgan fingerprint density at radius 1 is 0.933 bits per heavy atom. The first-order valence-corrected chi connectivity index (χ1v) is 4.99. The summed E-state index contributed by atoms with van der Waals surface area (Å²) in [4.78, 5) is 0. The number of ether oxygens (including phenoxy) is 1. The maximum absolute atomic E-state index is 5.75. The Kier molecular flexibility index (Phi) is 2.92. The molecule has 2 unspecified atom stereocenters. The summed E-state index contributed by atoms with van der Waals surface area (Å²) in [6.07, 6.45) is 3.15. The van der Waals surface area contributed by atoms with Crippen molar-refractivity contribution in [3.05, 3.63) is 48.3 Å². The predicted octanol–water partition coefficient (Wildman–Crippen LogP) is 3.71. The summed E-state index contributed by atoms with van der Waals surface area (Å²) in [5.74, 6) is 1.65. The molecule has 0 bridgehead atoms. The molecule has 0 amide bonds. The van der Waals surface area contributed by atoms with Gasteiger partial charge >= 0.3 is 0 Å². The second kappa shape index (κ2) is 4.36. The molecule has 0 aromatic carbocycles. The fourth-order valence-corrected chi connectivity index (χ4v) is 1.49. The Balaban J connectivity index is 1.98. The third kappa shape index (κ3) is 2.30. The van der Waals surface area contributed by atoms with Crippen LogP contribution in [0.5, 0.6) is 0 Å². The minimum Gasteiger partial charge on any atom is -0.467 e. The molecule has 0 saturated carbocycles. The summed E-state index contributed by atoms with van der Waals surface area (Å²) in [7, 11) is 0. The SMILES string of the molecule is CC(OC(C)c1ccco1)c1ccco1. The highest BCUT2D eigenvalue weighted by Crippen LogP contribution is 2.26. The van der Waals surface area contributed by atoms with E-state index in [0.29, 0.717) is 0 Å². The molecular formula is C12H14O3. The van der Waals surface area contributed by atoms with Crippen LogP contribution in [0.4, 0.5) is 0 Å². The monoisotopic (exact) mass is 206 g/mol. The summed E-state index contributed by atoms with van der Waals surface area (Å²) in [5.41, 5.74) is 0. The Hall–Kier alpha value is -1.48. The summed E-state index contributed by atoms with van der Waals surface area (Å²) in [6.45, 7) is 3.91. The van der Waals surface area contributed by atoms with Gasteiger partial charge < -0.3 is 13.6 Å². The zero-order valence-corrected chi connectivity index (χ0v) is 8.84. The molecule has 2 aromatic rings. The van der Waals surface area contributed by atoms with E-state index in [4.69, 9.17) is 13.6 Å². The Bertz CT molecular complexity index is 337. The molecule has 0 aliphatic rings. The molecule has 0 radical (unpaired) electrons. The number of furan rings is 2. The van der Waals surface area contributed by atoms with Gasteiger partial charge in [-0.1, -0.05) is 0 Å². The van der Waals surface area contributed by atoms with E-state index in [2.05, 4.69) is 0 Å². The van der Waals surface area contributed by atoms with E-state index in [9.17, 15) is 0 Å². The van der Waals surface area contributed by atoms with Gasteiger partial charge in [0, 0.05) is 0 Å². The summed E-state index contributed by atoms with van der Waals surface area (Å²) >= 11 is 0. The zero-order chi connectivity index (χ0) is 10.7. The van der Waals surface area contributed by atoms with Gasteiger partial charge in [0.15, 0.2) is 0 Å². The van der Waals surface area contributed by atoms with Crippen LogP contribution in [0.2, 0.25) is 0 Å². The Morgan fingerprint density at radius 2 is 1.40 bits per heavy atom. The van der Waals surface area contributed by atoms with Crippen molar-refractivity contribution in [2.24, 2.45) is 0 Å². The van der Waals surface area contributed by atoms with Gasteiger partial charge in [0.25, 0.3) is 0 Å². The largest absolute Gasteiger partial charge is 0.467 e. The first-order valence-electron chi connectivity index (χ1n) is 4.99. The highest BCUT2D eigenvalue weighted by atomic mass is 16.5. The first kappa shape index (κ1) is 10.1. The van der Waals surface area contributed by atoms with E-state index in [1.165, 1.54) is 0 Å². The molecule has 0 saturated heterocycles. The van der Waals surface area contributed by atoms with Gasteiger partial charge in [-0.05, 0) is 38.1 Å². The number of hydrogen-bond acceptors (Lipinski definition) is 3. The van der Waals surface area contributed by atoms with Crippen molar-refractivity contribution in [3.63, 3.8) is 0 Å².